The summed E-state index contributed by atoms with van der Waals surface area (Å²) in [5.74, 6) is -0.235. The highest BCUT2D eigenvalue weighted by molar-refractivity contribution is 7.13. The van der Waals surface area contributed by atoms with Gasteiger partial charge in [-0.1, -0.05) is 0 Å². The van der Waals surface area contributed by atoms with Crippen LogP contribution in [0.4, 0.5) is 0 Å². The van der Waals surface area contributed by atoms with Gasteiger partial charge in [-0.25, -0.2) is 5.43 Å². The zero-order valence-corrected chi connectivity index (χ0v) is 9.63. The van der Waals surface area contributed by atoms with Gasteiger partial charge >= 0.3 is 0 Å². The number of hydrazone groups is 1. The molecule has 0 aliphatic rings. The summed E-state index contributed by atoms with van der Waals surface area (Å²) in [5.41, 5.74) is 2.39. The lowest BCUT2D eigenvalue weighted by atomic mass is 10.4. The van der Waals surface area contributed by atoms with Crippen LogP contribution >= 0.6 is 11.3 Å². The molecule has 0 spiro atoms. The van der Waals surface area contributed by atoms with E-state index in [0.29, 0.717) is 6.61 Å². The summed E-state index contributed by atoms with van der Waals surface area (Å²) in [6.07, 6.45) is 1.63. The largest absolute Gasteiger partial charge is 0.372 e. The number of carbonyl (C=O) groups is 1. The third kappa shape index (κ3) is 4.71. The van der Waals surface area contributed by atoms with E-state index in [4.69, 9.17) is 4.74 Å². The summed E-state index contributed by atoms with van der Waals surface area (Å²) < 4.78 is 4.92. The van der Waals surface area contributed by atoms with Crippen LogP contribution in [0.5, 0.6) is 0 Å². The molecule has 1 N–H and O–H groups in total. The molecule has 1 aromatic heterocycles. The minimum Gasteiger partial charge on any atom is -0.372 e. The van der Waals surface area contributed by atoms with E-state index in [1.807, 2.05) is 26.0 Å². The average molecular weight is 226 g/mol. The number of nitrogens with zero attached hydrogens (tertiary/aromatic N) is 1. The molecule has 0 unspecified atom stereocenters. The van der Waals surface area contributed by atoms with Crippen LogP contribution in [0, 0.1) is 6.92 Å². The van der Waals surface area contributed by atoms with Gasteiger partial charge in [-0.2, -0.15) is 5.10 Å². The number of thiophene rings is 1. The van der Waals surface area contributed by atoms with Gasteiger partial charge < -0.3 is 4.74 Å². The molecular weight excluding hydrogens is 212 g/mol. The predicted molar refractivity (Wildman–Crippen MR) is 61.3 cm³/mol. The lowest BCUT2D eigenvalue weighted by Crippen LogP contribution is -2.22. The Kier molecular flexibility index (Phi) is 5.00. The minimum absolute atomic E-state index is 0.0529. The van der Waals surface area contributed by atoms with Crippen LogP contribution in [0.2, 0.25) is 0 Å². The van der Waals surface area contributed by atoms with Crippen molar-refractivity contribution in [1.29, 1.82) is 0 Å². The van der Waals surface area contributed by atoms with Gasteiger partial charge in [0, 0.05) is 16.4 Å². The number of hydrogen-bond acceptors (Lipinski definition) is 4. The highest BCUT2D eigenvalue weighted by Gasteiger charge is 1.97. The standard InChI is InChI=1S/C10H14N2O2S/c1-3-14-7-10(13)12-11-6-9-5-4-8(2)15-9/h4-6H,3,7H2,1-2H3,(H,12,13)/b11-6+. The first-order chi connectivity index (χ1) is 7.22. The molecule has 0 aliphatic heterocycles. The van der Waals surface area contributed by atoms with E-state index >= 15 is 0 Å². The van der Waals surface area contributed by atoms with Crippen LogP contribution in [-0.2, 0) is 9.53 Å². The van der Waals surface area contributed by atoms with Gasteiger partial charge in [0.15, 0.2) is 0 Å². The molecule has 0 radical (unpaired) electrons. The van der Waals surface area contributed by atoms with E-state index in [0.717, 1.165) is 4.88 Å². The topological polar surface area (TPSA) is 50.7 Å². The molecule has 0 aromatic carbocycles. The van der Waals surface area contributed by atoms with Crippen LogP contribution in [0.3, 0.4) is 0 Å². The lowest BCUT2D eigenvalue weighted by Gasteiger charge is -1.98. The second-order valence-electron chi connectivity index (χ2n) is 2.88. The van der Waals surface area contributed by atoms with Crippen molar-refractivity contribution in [2.75, 3.05) is 13.2 Å². The van der Waals surface area contributed by atoms with Gasteiger partial charge in [0.25, 0.3) is 5.91 Å². The maximum atomic E-state index is 11.1. The fourth-order valence-corrected chi connectivity index (χ4v) is 1.67. The summed E-state index contributed by atoms with van der Waals surface area (Å²) in [7, 11) is 0. The van der Waals surface area contributed by atoms with Gasteiger partial charge in [-0.3, -0.25) is 4.79 Å². The first kappa shape index (κ1) is 11.9. The van der Waals surface area contributed by atoms with Gasteiger partial charge in [0.05, 0.1) is 6.21 Å². The second-order valence-corrected chi connectivity index (χ2v) is 4.20. The van der Waals surface area contributed by atoms with Crippen molar-refractivity contribution in [3.05, 3.63) is 21.9 Å². The number of amides is 1. The van der Waals surface area contributed by atoms with Crippen molar-refractivity contribution in [2.24, 2.45) is 5.10 Å². The van der Waals surface area contributed by atoms with E-state index in [9.17, 15) is 4.79 Å². The average Bonchev–Trinajstić information content (AvgIpc) is 2.61. The smallest absolute Gasteiger partial charge is 0.266 e. The van der Waals surface area contributed by atoms with Crippen LogP contribution < -0.4 is 5.43 Å². The summed E-state index contributed by atoms with van der Waals surface area (Å²) in [5, 5.41) is 3.81. The number of rotatable bonds is 5. The van der Waals surface area contributed by atoms with Crippen molar-refractivity contribution >= 4 is 23.5 Å². The molecule has 82 valence electrons. The highest BCUT2D eigenvalue weighted by atomic mass is 32.1. The zero-order valence-electron chi connectivity index (χ0n) is 8.82. The quantitative estimate of drug-likeness (QED) is 0.611. The van der Waals surface area contributed by atoms with Crippen molar-refractivity contribution < 1.29 is 9.53 Å². The lowest BCUT2D eigenvalue weighted by molar-refractivity contribution is -0.125. The summed E-state index contributed by atoms with van der Waals surface area (Å²) in [4.78, 5) is 13.3. The monoisotopic (exact) mass is 226 g/mol. The molecule has 4 nitrogen and oxygen atoms in total. The molecule has 1 amide bonds. The fourth-order valence-electron chi connectivity index (χ4n) is 0.918. The van der Waals surface area contributed by atoms with E-state index < -0.39 is 0 Å². The molecule has 0 fully saturated rings. The van der Waals surface area contributed by atoms with E-state index in [-0.39, 0.29) is 12.5 Å². The van der Waals surface area contributed by atoms with E-state index in [2.05, 4.69) is 10.5 Å². The van der Waals surface area contributed by atoms with E-state index in [1.54, 1.807) is 17.6 Å². The molecular formula is C10H14N2O2S. The Labute approximate surface area is 93.0 Å². The fraction of sp³-hybridized carbons (Fsp3) is 0.400. The minimum atomic E-state index is -0.235. The third-order valence-corrected chi connectivity index (χ3v) is 2.51. The summed E-state index contributed by atoms with van der Waals surface area (Å²) in [6.45, 7) is 4.44. The molecule has 0 aliphatic carbocycles. The number of aryl methyl sites for hydroxylation is 1. The number of hydrogen-bond donors (Lipinski definition) is 1. The highest BCUT2D eigenvalue weighted by Crippen LogP contribution is 2.12. The van der Waals surface area contributed by atoms with Crippen molar-refractivity contribution in [3.63, 3.8) is 0 Å². The summed E-state index contributed by atoms with van der Waals surface area (Å²) in [6, 6.07) is 3.96. The molecule has 15 heavy (non-hydrogen) atoms. The molecule has 0 saturated heterocycles. The van der Waals surface area contributed by atoms with Gasteiger partial charge in [-0.15, -0.1) is 11.3 Å². The van der Waals surface area contributed by atoms with Crippen LogP contribution in [0.15, 0.2) is 17.2 Å². The molecule has 1 aromatic rings. The second kappa shape index (κ2) is 6.31. The Bertz CT molecular complexity index is 347. The van der Waals surface area contributed by atoms with Gasteiger partial charge in [0.2, 0.25) is 0 Å². The number of carbonyl (C=O) groups excluding carboxylic acids is 1. The molecule has 1 rings (SSSR count). The third-order valence-electron chi connectivity index (χ3n) is 1.58. The van der Waals surface area contributed by atoms with Crippen LogP contribution in [0.1, 0.15) is 16.7 Å². The van der Waals surface area contributed by atoms with Crippen LogP contribution in [0.25, 0.3) is 0 Å². The molecule has 0 saturated carbocycles. The molecule has 5 heteroatoms. The zero-order chi connectivity index (χ0) is 11.1. The first-order valence-corrected chi connectivity index (χ1v) is 5.50. The van der Waals surface area contributed by atoms with Crippen molar-refractivity contribution in [1.82, 2.24) is 5.43 Å². The van der Waals surface area contributed by atoms with E-state index in [1.165, 1.54) is 4.88 Å². The predicted octanol–water partition coefficient (Wildman–Crippen LogP) is 1.54. The molecule has 0 bridgehead atoms. The van der Waals surface area contributed by atoms with Gasteiger partial charge in [-0.05, 0) is 26.0 Å². The SMILES string of the molecule is CCOCC(=O)N/N=C/c1ccc(C)s1. The van der Waals surface area contributed by atoms with Crippen molar-refractivity contribution in [3.8, 4) is 0 Å². The first-order valence-electron chi connectivity index (χ1n) is 4.68. The Morgan fingerprint density at radius 3 is 3.07 bits per heavy atom. The number of nitrogens with one attached hydrogen (secondary N) is 1. The van der Waals surface area contributed by atoms with Gasteiger partial charge in [0.1, 0.15) is 6.61 Å². The van der Waals surface area contributed by atoms with Crippen LogP contribution in [-0.4, -0.2) is 25.3 Å². The maximum Gasteiger partial charge on any atom is 0.266 e. The molecule has 0 atom stereocenters. The Morgan fingerprint density at radius 1 is 1.67 bits per heavy atom. The Morgan fingerprint density at radius 2 is 2.47 bits per heavy atom. The van der Waals surface area contributed by atoms with Crippen molar-refractivity contribution in [2.45, 2.75) is 13.8 Å². The molecule has 1 heterocycles. The Hall–Kier alpha value is -1.20. The number of ether oxygens (including phenoxy) is 1. The summed E-state index contributed by atoms with van der Waals surface area (Å²) >= 11 is 1.63. The Balaban J connectivity index is 2.30. The maximum absolute atomic E-state index is 11.1. The normalized spacial score (nSPS) is 10.8.